The van der Waals surface area contributed by atoms with Crippen LogP contribution in [0.2, 0.25) is 0 Å². The van der Waals surface area contributed by atoms with Gasteiger partial charge in [0.25, 0.3) is 5.91 Å². The third kappa shape index (κ3) is 3.52. The molecular formula is C23H19FN2O2. The van der Waals surface area contributed by atoms with E-state index in [1.807, 2.05) is 48.7 Å². The van der Waals surface area contributed by atoms with Crippen molar-refractivity contribution in [2.75, 3.05) is 6.61 Å². The number of H-pyrrole nitrogens is 1. The van der Waals surface area contributed by atoms with E-state index >= 15 is 0 Å². The minimum atomic E-state index is -0.461. The Balaban J connectivity index is 1.54. The maximum absolute atomic E-state index is 13.4. The van der Waals surface area contributed by atoms with Crippen LogP contribution in [-0.2, 0) is 0 Å². The molecule has 4 aromatic rings. The van der Waals surface area contributed by atoms with Gasteiger partial charge in [0.15, 0.2) is 0 Å². The van der Waals surface area contributed by atoms with Gasteiger partial charge in [-0.1, -0.05) is 42.5 Å². The lowest BCUT2D eigenvalue weighted by molar-refractivity contribution is 0.0916. The SMILES string of the molecule is O=C(N[C@@H](CO)c1ccccc1)c1ccc(-c2c[nH]c3cc(F)ccc23)cc1. The van der Waals surface area contributed by atoms with Crippen LogP contribution in [0.25, 0.3) is 22.0 Å². The minimum absolute atomic E-state index is 0.181. The Bertz CT molecular complexity index is 1100. The summed E-state index contributed by atoms with van der Waals surface area (Å²) >= 11 is 0. The predicted molar refractivity (Wildman–Crippen MR) is 107 cm³/mol. The van der Waals surface area contributed by atoms with Gasteiger partial charge in [0, 0.05) is 28.2 Å². The maximum atomic E-state index is 13.4. The largest absolute Gasteiger partial charge is 0.394 e. The third-order valence-electron chi connectivity index (χ3n) is 4.79. The number of benzene rings is 3. The first-order valence-electron chi connectivity index (χ1n) is 8.99. The van der Waals surface area contributed by atoms with E-state index in [4.69, 9.17) is 0 Å². The van der Waals surface area contributed by atoms with E-state index in [1.54, 1.807) is 18.2 Å². The molecule has 0 aliphatic carbocycles. The minimum Gasteiger partial charge on any atom is -0.394 e. The summed E-state index contributed by atoms with van der Waals surface area (Å²) in [6.07, 6.45) is 1.83. The second-order valence-corrected chi connectivity index (χ2v) is 6.59. The Kier molecular flexibility index (Phi) is 4.91. The summed E-state index contributed by atoms with van der Waals surface area (Å²) in [6, 6.07) is 20.7. The molecule has 3 aromatic carbocycles. The fourth-order valence-corrected chi connectivity index (χ4v) is 3.30. The average Bonchev–Trinajstić information content (AvgIpc) is 3.15. The lowest BCUT2D eigenvalue weighted by atomic mass is 10.0. The van der Waals surface area contributed by atoms with Crippen LogP contribution in [0.3, 0.4) is 0 Å². The molecular weight excluding hydrogens is 355 g/mol. The number of aromatic amines is 1. The molecule has 1 amide bonds. The fraction of sp³-hybridized carbons (Fsp3) is 0.0870. The van der Waals surface area contributed by atoms with Gasteiger partial charge in [-0.3, -0.25) is 4.79 Å². The first-order chi connectivity index (χ1) is 13.7. The highest BCUT2D eigenvalue weighted by Crippen LogP contribution is 2.29. The number of amides is 1. The van der Waals surface area contributed by atoms with Crippen molar-refractivity contribution < 1.29 is 14.3 Å². The molecule has 1 atom stereocenters. The van der Waals surface area contributed by atoms with E-state index < -0.39 is 6.04 Å². The molecule has 0 saturated heterocycles. The van der Waals surface area contributed by atoms with E-state index in [-0.39, 0.29) is 18.3 Å². The van der Waals surface area contributed by atoms with Gasteiger partial charge < -0.3 is 15.4 Å². The van der Waals surface area contributed by atoms with Crippen molar-refractivity contribution in [1.29, 1.82) is 0 Å². The summed E-state index contributed by atoms with van der Waals surface area (Å²) in [5.41, 5.74) is 3.95. The molecule has 1 heterocycles. The number of halogens is 1. The molecule has 28 heavy (non-hydrogen) atoms. The number of aromatic nitrogens is 1. The summed E-state index contributed by atoms with van der Waals surface area (Å²) in [7, 11) is 0. The number of hydrogen-bond donors (Lipinski definition) is 3. The quantitative estimate of drug-likeness (QED) is 0.484. The molecule has 1 aromatic heterocycles. The lowest BCUT2D eigenvalue weighted by Gasteiger charge is -2.16. The van der Waals surface area contributed by atoms with Gasteiger partial charge >= 0.3 is 0 Å². The monoisotopic (exact) mass is 374 g/mol. The van der Waals surface area contributed by atoms with E-state index in [0.717, 1.165) is 27.6 Å². The summed E-state index contributed by atoms with van der Waals surface area (Å²) in [5, 5.41) is 13.4. The molecule has 0 bridgehead atoms. The first-order valence-corrected chi connectivity index (χ1v) is 8.99. The molecule has 140 valence electrons. The molecule has 0 saturated carbocycles. The normalized spacial score (nSPS) is 12.1. The number of aliphatic hydroxyl groups is 1. The Morgan fingerprint density at radius 3 is 2.50 bits per heavy atom. The average molecular weight is 374 g/mol. The topological polar surface area (TPSA) is 65.1 Å². The van der Waals surface area contributed by atoms with E-state index in [2.05, 4.69) is 10.3 Å². The van der Waals surface area contributed by atoms with Crippen molar-refractivity contribution in [3.05, 3.63) is 95.9 Å². The molecule has 3 N–H and O–H groups in total. The lowest BCUT2D eigenvalue weighted by Crippen LogP contribution is -2.30. The molecule has 0 fully saturated rings. The summed E-state index contributed by atoms with van der Waals surface area (Å²) < 4.78 is 13.4. The summed E-state index contributed by atoms with van der Waals surface area (Å²) in [5.74, 6) is -0.541. The molecule has 5 heteroatoms. The van der Waals surface area contributed by atoms with Crippen LogP contribution in [0, 0.1) is 5.82 Å². The number of carbonyl (C=O) groups excluding carboxylic acids is 1. The van der Waals surface area contributed by atoms with Gasteiger partial charge in [0.05, 0.1) is 12.6 Å². The number of fused-ring (bicyclic) bond motifs is 1. The van der Waals surface area contributed by atoms with Gasteiger partial charge in [-0.05, 0) is 41.5 Å². The van der Waals surface area contributed by atoms with Crippen LogP contribution in [0.5, 0.6) is 0 Å². The van der Waals surface area contributed by atoms with Crippen LogP contribution < -0.4 is 5.32 Å². The van der Waals surface area contributed by atoms with Crippen molar-refractivity contribution in [3.8, 4) is 11.1 Å². The standard InChI is InChI=1S/C23H19FN2O2/c24-18-10-11-19-20(13-25-21(19)12-18)15-6-8-17(9-7-15)23(28)26-22(14-27)16-4-2-1-3-5-16/h1-13,22,25,27H,14H2,(H,26,28)/t22-/m0/s1. The number of hydrogen-bond acceptors (Lipinski definition) is 2. The number of rotatable bonds is 5. The second-order valence-electron chi connectivity index (χ2n) is 6.59. The van der Waals surface area contributed by atoms with Gasteiger partial charge in [-0.25, -0.2) is 4.39 Å². The van der Waals surface area contributed by atoms with Crippen molar-refractivity contribution >= 4 is 16.8 Å². The molecule has 4 nitrogen and oxygen atoms in total. The highest BCUT2D eigenvalue weighted by Gasteiger charge is 2.15. The molecule has 0 spiro atoms. The van der Waals surface area contributed by atoms with Gasteiger partial charge in [0.1, 0.15) is 5.82 Å². The van der Waals surface area contributed by atoms with Crippen molar-refractivity contribution in [1.82, 2.24) is 10.3 Å². The molecule has 0 unspecified atom stereocenters. The van der Waals surface area contributed by atoms with E-state index in [9.17, 15) is 14.3 Å². The predicted octanol–water partition coefficient (Wildman–Crippen LogP) is 4.44. The van der Waals surface area contributed by atoms with Gasteiger partial charge in [0.2, 0.25) is 0 Å². The Morgan fingerprint density at radius 2 is 1.79 bits per heavy atom. The number of nitrogens with one attached hydrogen (secondary N) is 2. The highest BCUT2D eigenvalue weighted by molar-refractivity contribution is 5.98. The van der Waals surface area contributed by atoms with Gasteiger partial charge in [-0.2, -0.15) is 0 Å². The summed E-state index contributed by atoms with van der Waals surface area (Å²) in [4.78, 5) is 15.6. The Hall–Kier alpha value is -3.44. The third-order valence-corrected chi connectivity index (χ3v) is 4.79. The van der Waals surface area contributed by atoms with Gasteiger partial charge in [-0.15, -0.1) is 0 Å². The van der Waals surface area contributed by atoms with Crippen LogP contribution in [0.15, 0.2) is 79.0 Å². The molecule has 4 rings (SSSR count). The maximum Gasteiger partial charge on any atom is 0.251 e. The van der Waals surface area contributed by atoms with E-state index in [0.29, 0.717) is 5.56 Å². The number of carbonyl (C=O) groups is 1. The molecule has 0 radical (unpaired) electrons. The Morgan fingerprint density at radius 1 is 1.04 bits per heavy atom. The van der Waals surface area contributed by atoms with Crippen molar-refractivity contribution in [2.45, 2.75) is 6.04 Å². The smallest absolute Gasteiger partial charge is 0.251 e. The van der Waals surface area contributed by atoms with Crippen LogP contribution in [0.1, 0.15) is 22.0 Å². The molecule has 0 aliphatic heterocycles. The van der Waals surface area contributed by atoms with Crippen molar-refractivity contribution in [3.63, 3.8) is 0 Å². The fourth-order valence-electron chi connectivity index (χ4n) is 3.30. The van der Waals surface area contributed by atoms with Crippen LogP contribution in [-0.4, -0.2) is 22.6 Å². The van der Waals surface area contributed by atoms with Crippen LogP contribution in [0.4, 0.5) is 4.39 Å². The van der Waals surface area contributed by atoms with E-state index in [1.165, 1.54) is 12.1 Å². The van der Waals surface area contributed by atoms with Crippen molar-refractivity contribution in [2.24, 2.45) is 0 Å². The zero-order valence-corrected chi connectivity index (χ0v) is 15.0. The zero-order chi connectivity index (χ0) is 19.5. The number of aliphatic hydroxyl groups excluding tert-OH is 1. The zero-order valence-electron chi connectivity index (χ0n) is 15.0. The summed E-state index contributed by atoms with van der Waals surface area (Å²) in [6.45, 7) is -0.181. The second kappa shape index (κ2) is 7.66. The highest BCUT2D eigenvalue weighted by atomic mass is 19.1. The Labute approximate surface area is 161 Å². The first kappa shape index (κ1) is 17.9. The van der Waals surface area contributed by atoms with Crippen LogP contribution >= 0.6 is 0 Å². The molecule has 0 aliphatic rings.